The van der Waals surface area contributed by atoms with Gasteiger partial charge in [0.25, 0.3) is 0 Å². The summed E-state index contributed by atoms with van der Waals surface area (Å²) in [5, 5.41) is 2.88. The van der Waals surface area contributed by atoms with Crippen molar-refractivity contribution >= 4 is 40.8 Å². The Morgan fingerprint density at radius 3 is 2.71 bits per heavy atom. The molecule has 1 heterocycles. The number of rotatable bonds is 7. The summed E-state index contributed by atoms with van der Waals surface area (Å²) in [5.41, 5.74) is 0.759. The molecule has 0 unspecified atom stereocenters. The lowest BCUT2D eigenvalue weighted by atomic mass is 10.2. The Morgan fingerprint density at radius 2 is 2.08 bits per heavy atom. The Morgan fingerprint density at radius 1 is 1.38 bits per heavy atom. The topological polar surface area (TPSA) is 61.9 Å². The number of halogens is 2. The normalized spacial score (nSPS) is 17.0. The van der Waals surface area contributed by atoms with Crippen LogP contribution in [0.1, 0.15) is 6.42 Å². The Hall–Kier alpha value is -1.66. The van der Waals surface area contributed by atoms with Crippen molar-refractivity contribution in [2.24, 2.45) is 0 Å². The van der Waals surface area contributed by atoms with Gasteiger partial charge in [0.05, 0.1) is 13.2 Å². The van der Waals surface area contributed by atoms with Gasteiger partial charge in [0.15, 0.2) is 0 Å². The predicted molar refractivity (Wildman–Crippen MR) is 95.3 cm³/mol. The molecule has 24 heavy (non-hydrogen) atoms. The number of benzene rings is 1. The zero-order chi connectivity index (χ0) is 17.5. The number of nitrogens with one attached hydrogen (secondary N) is 1. The van der Waals surface area contributed by atoms with Crippen LogP contribution in [0.2, 0.25) is 0 Å². The van der Waals surface area contributed by atoms with Crippen LogP contribution in [-0.4, -0.2) is 61.4 Å². The van der Waals surface area contributed by atoms with Crippen molar-refractivity contribution in [1.82, 2.24) is 10.2 Å². The third-order valence-electron chi connectivity index (χ3n) is 3.81. The highest BCUT2D eigenvalue weighted by atomic mass is 35.5. The van der Waals surface area contributed by atoms with Gasteiger partial charge in [-0.05, 0) is 12.1 Å². The van der Waals surface area contributed by atoms with Gasteiger partial charge in [-0.2, -0.15) is 0 Å². The smallest absolute Gasteiger partial charge is 0.317 e. The van der Waals surface area contributed by atoms with Gasteiger partial charge in [0.2, 0.25) is 5.91 Å². The summed E-state index contributed by atoms with van der Waals surface area (Å²) in [4.78, 5) is 27.8. The van der Waals surface area contributed by atoms with Gasteiger partial charge >= 0.3 is 6.03 Å². The Bertz CT molecular complexity index is 579. The first-order valence-electron chi connectivity index (χ1n) is 7.70. The number of carbonyl (C=O) groups excluding carboxylic acids is 2. The first-order chi connectivity index (χ1) is 11.6. The molecule has 1 fully saturated rings. The van der Waals surface area contributed by atoms with Gasteiger partial charge in [-0.1, -0.05) is 6.07 Å². The monoisotopic (exact) mass is 373 g/mol. The first-order valence-corrected chi connectivity index (χ1v) is 8.77. The second-order valence-electron chi connectivity index (χ2n) is 5.42. The van der Waals surface area contributed by atoms with E-state index in [4.69, 9.17) is 27.9 Å². The summed E-state index contributed by atoms with van der Waals surface area (Å²) in [7, 11) is 1.58. The number of nitrogens with zero attached hydrogens (tertiary/aromatic N) is 2. The number of urea groups is 1. The van der Waals surface area contributed by atoms with Crippen LogP contribution in [0.15, 0.2) is 24.3 Å². The van der Waals surface area contributed by atoms with E-state index in [0.29, 0.717) is 37.1 Å². The van der Waals surface area contributed by atoms with Crippen LogP contribution in [-0.2, 0) is 4.79 Å². The van der Waals surface area contributed by atoms with E-state index < -0.39 is 0 Å². The molecule has 0 aliphatic carbocycles. The molecule has 1 aromatic rings. The number of methoxy groups -OCH3 is 1. The number of hydrogen-bond donors (Lipinski definition) is 1. The Kier molecular flexibility index (Phi) is 6.99. The fourth-order valence-electron chi connectivity index (χ4n) is 2.62. The quantitative estimate of drug-likeness (QED) is 0.745. The van der Waals surface area contributed by atoms with Crippen molar-refractivity contribution in [3.8, 4) is 5.75 Å². The molecule has 3 amide bonds. The third-order valence-corrected chi connectivity index (χ3v) is 4.15. The van der Waals surface area contributed by atoms with E-state index in [1.165, 1.54) is 0 Å². The van der Waals surface area contributed by atoms with E-state index in [-0.39, 0.29) is 24.4 Å². The van der Waals surface area contributed by atoms with Gasteiger partial charge in [-0.25, -0.2) is 4.79 Å². The average molecular weight is 374 g/mol. The molecule has 2 rings (SSSR count). The molecule has 0 aromatic heterocycles. The van der Waals surface area contributed by atoms with Crippen molar-refractivity contribution in [1.29, 1.82) is 0 Å². The van der Waals surface area contributed by atoms with E-state index in [2.05, 4.69) is 5.32 Å². The molecule has 0 radical (unpaired) electrons. The highest BCUT2D eigenvalue weighted by Gasteiger charge is 2.32. The molecule has 1 aliphatic heterocycles. The number of hydrogen-bond acceptors (Lipinski definition) is 3. The zero-order valence-corrected chi connectivity index (χ0v) is 15.0. The highest BCUT2D eigenvalue weighted by Crippen LogP contribution is 2.25. The van der Waals surface area contributed by atoms with Gasteiger partial charge < -0.3 is 19.9 Å². The molecule has 0 saturated carbocycles. The molecule has 1 N–H and O–H groups in total. The second-order valence-corrected chi connectivity index (χ2v) is 6.18. The van der Waals surface area contributed by atoms with Crippen LogP contribution in [0, 0.1) is 0 Å². The lowest BCUT2D eigenvalue weighted by molar-refractivity contribution is -0.117. The number of amides is 3. The molecule has 8 heteroatoms. The summed E-state index contributed by atoms with van der Waals surface area (Å²) in [6.07, 6.45) is 0.262. The summed E-state index contributed by atoms with van der Waals surface area (Å²) in [5.74, 6) is 1.33. The van der Waals surface area contributed by atoms with Crippen molar-refractivity contribution in [3.05, 3.63) is 24.3 Å². The maximum Gasteiger partial charge on any atom is 0.317 e. The molecule has 1 saturated heterocycles. The summed E-state index contributed by atoms with van der Waals surface area (Å²) >= 11 is 11.4. The second kappa shape index (κ2) is 8.99. The number of ether oxygens (including phenoxy) is 1. The SMILES string of the molecule is COc1cccc(N2C[C@@H](NC(=O)N(CCCl)CCCl)CC2=O)c1. The van der Waals surface area contributed by atoms with Crippen molar-refractivity contribution in [2.45, 2.75) is 12.5 Å². The lowest BCUT2D eigenvalue weighted by Crippen LogP contribution is -2.47. The van der Waals surface area contributed by atoms with Crippen LogP contribution in [0.25, 0.3) is 0 Å². The fourth-order valence-corrected chi connectivity index (χ4v) is 3.03. The van der Waals surface area contributed by atoms with Crippen molar-refractivity contribution < 1.29 is 14.3 Å². The minimum atomic E-state index is -0.249. The maximum atomic E-state index is 12.3. The molecule has 1 aliphatic rings. The van der Waals surface area contributed by atoms with Crippen LogP contribution < -0.4 is 15.0 Å². The van der Waals surface area contributed by atoms with Crippen LogP contribution in [0.3, 0.4) is 0 Å². The molecule has 6 nitrogen and oxygen atoms in total. The molecule has 1 atom stereocenters. The van der Waals surface area contributed by atoms with E-state index >= 15 is 0 Å². The lowest BCUT2D eigenvalue weighted by Gasteiger charge is -2.23. The minimum Gasteiger partial charge on any atom is -0.497 e. The zero-order valence-electron chi connectivity index (χ0n) is 13.5. The summed E-state index contributed by atoms with van der Waals surface area (Å²) in [6, 6.07) is 6.80. The van der Waals surface area contributed by atoms with Crippen molar-refractivity contribution in [3.63, 3.8) is 0 Å². The van der Waals surface area contributed by atoms with E-state index in [1.54, 1.807) is 23.0 Å². The number of anilines is 1. The molecule has 0 spiro atoms. The average Bonchev–Trinajstić information content (AvgIpc) is 2.95. The molecular weight excluding hydrogens is 353 g/mol. The predicted octanol–water partition coefficient (Wildman–Crippen LogP) is 2.29. The Balaban J connectivity index is 1.99. The number of carbonyl (C=O) groups is 2. The summed E-state index contributed by atoms with van der Waals surface area (Å²) < 4.78 is 5.19. The van der Waals surface area contributed by atoms with Crippen LogP contribution in [0.5, 0.6) is 5.75 Å². The van der Waals surface area contributed by atoms with E-state index in [9.17, 15) is 9.59 Å². The largest absolute Gasteiger partial charge is 0.497 e. The van der Waals surface area contributed by atoms with Crippen LogP contribution >= 0.6 is 23.2 Å². The van der Waals surface area contributed by atoms with E-state index in [1.807, 2.05) is 18.2 Å². The van der Waals surface area contributed by atoms with Crippen LogP contribution in [0.4, 0.5) is 10.5 Å². The van der Waals surface area contributed by atoms with Gasteiger partial charge in [0, 0.05) is 49.6 Å². The minimum absolute atomic E-state index is 0.0326. The summed E-state index contributed by atoms with van der Waals surface area (Å²) in [6.45, 7) is 1.26. The van der Waals surface area contributed by atoms with Crippen molar-refractivity contribution in [2.75, 3.05) is 43.4 Å². The van der Waals surface area contributed by atoms with Gasteiger partial charge in [0.1, 0.15) is 5.75 Å². The third kappa shape index (κ3) is 4.68. The standard InChI is InChI=1S/C16H21Cl2N3O3/c1-24-14-4-2-3-13(10-14)21-11-12(9-15(21)22)19-16(23)20(7-5-17)8-6-18/h2-4,10,12H,5-9,11H2,1H3,(H,19,23)/t12-/m0/s1. The molecular formula is C16H21Cl2N3O3. The van der Waals surface area contributed by atoms with E-state index in [0.717, 1.165) is 5.69 Å². The first kappa shape index (κ1) is 18.7. The van der Waals surface area contributed by atoms with Gasteiger partial charge in [-0.15, -0.1) is 23.2 Å². The molecule has 1 aromatic carbocycles. The molecule has 132 valence electrons. The fraction of sp³-hybridized carbons (Fsp3) is 0.500. The highest BCUT2D eigenvalue weighted by molar-refractivity contribution is 6.18. The Labute approximate surface area is 151 Å². The number of alkyl halides is 2. The maximum absolute atomic E-state index is 12.3. The van der Waals surface area contributed by atoms with Gasteiger partial charge in [-0.3, -0.25) is 4.79 Å². The molecule has 0 bridgehead atoms.